The molecule has 1 aromatic carbocycles. The standard InChI is InChI=1S/C13H12ClNO2/c1-17-12-5-3-2-4-10(12)13(16)9-6-7-15-8-11(9)14/h2-8,13,16H,1H3. The third-order valence-corrected chi connectivity index (χ3v) is 2.85. The van der Waals surface area contributed by atoms with Crippen LogP contribution in [0.25, 0.3) is 0 Å². The molecular formula is C13H12ClNO2. The van der Waals surface area contributed by atoms with E-state index in [0.29, 0.717) is 21.9 Å². The highest BCUT2D eigenvalue weighted by atomic mass is 35.5. The largest absolute Gasteiger partial charge is 0.496 e. The van der Waals surface area contributed by atoms with Gasteiger partial charge >= 0.3 is 0 Å². The number of halogens is 1. The molecule has 0 aliphatic heterocycles. The monoisotopic (exact) mass is 249 g/mol. The van der Waals surface area contributed by atoms with Crippen molar-refractivity contribution in [2.45, 2.75) is 6.10 Å². The molecule has 1 N–H and O–H groups in total. The topological polar surface area (TPSA) is 42.4 Å². The summed E-state index contributed by atoms with van der Waals surface area (Å²) in [5, 5.41) is 10.7. The lowest BCUT2D eigenvalue weighted by Gasteiger charge is -2.15. The minimum Gasteiger partial charge on any atom is -0.496 e. The van der Waals surface area contributed by atoms with E-state index in [0.717, 1.165) is 0 Å². The Morgan fingerprint density at radius 2 is 2.00 bits per heavy atom. The van der Waals surface area contributed by atoms with Crippen LogP contribution in [0.2, 0.25) is 5.02 Å². The molecule has 1 atom stereocenters. The maximum atomic E-state index is 10.3. The van der Waals surface area contributed by atoms with Gasteiger partial charge in [0, 0.05) is 23.5 Å². The van der Waals surface area contributed by atoms with Crippen LogP contribution in [-0.4, -0.2) is 17.2 Å². The van der Waals surface area contributed by atoms with Gasteiger partial charge in [0.25, 0.3) is 0 Å². The summed E-state index contributed by atoms with van der Waals surface area (Å²) in [6.07, 6.45) is 2.29. The molecule has 0 radical (unpaired) electrons. The van der Waals surface area contributed by atoms with Crippen LogP contribution in [0.3, 0.4) is 0 Å². The predicted octanol–water partition coefficient (Wildman–Crippen LogP) is 2.83. The number of para-hydroxylation sites is 1. The van der Waals surface area contributed by atoms with Crippen LogP contribution in [0.5, 0.6) is 5.75 Å². The summed E-state index contributed by atoms with van der Waals surface area (Å²) in [6.45, 7) is 0. The molecule has 1 aromatic heterocycles. The number of benzene rings is 1. The van der Waals surface area contributed by atoms with Gasteiger partial charge in [-0.1, -0.05) is 29.8 Å². The maximum absolute atomic E-state index is 10.3. The molecule has 0 saturated carbocycles. The highest BCUT2D eigenvalue weighted by Crippen LogP contribution is 2.32. The molecule has 0 spiro atoms. The second-order valence-electron chi connectivity index (χ2n) is 3.54. The van der Waals surface area contributed by atoms with Crippen LogP contribution in [0.15, 0.2) is 42.7 Å². The van der Waals surface area contributed by atoms with Crippen molar-refractivity contribution in [3.05, 3.63) is 58.9 Å². The first-order chi connectivity index (χ1) is 8.24. The maximum Gasteiger partial charge on any atom is 0.125 e. The fourth-order valence-electron chi connectivity index (χ4n) is 1.67. The van der Waals surface area contributed by atoms with Gasteiger partial charge < -0.3 is 9.84 Å². The van der Waals surface area contributed by atoms with Gasteiger partial charge in [-0.2, -0.15) is 0 Å². The Morgan fingerprint density at radius 3 is 2.71 bits per heavy atom. The van der Waals surface area contributed by atoms with E-state index in [2.05, 4.69) is 4.98 Å². The summed E-state index contributed by atoms with van der Waals surface area (Å²) in [7, 11) is 1.57. The molecule has 2 aromatic rings. The van der Waals surface area contributed by atoms with Crippen LogP contribution in [-0.2, 0) is 0 Å². The molecule has 0 amide bonds. The van der Waals surface area contributed by atoms with Gasteiger partial charge in [-0.25, -0.2) is 0 Å². The molecule has 3 nitrogen and oxygen atoms in total. The second kappa shape index (κ2) is 5.17. The number of hydrogen-bond donors (Lipinski definition) is 1. The van der Waals surface area contributed by atoms with Crippen molar-refractivity contribution in [3.63, 3.8) is 0 Å². The SMILES string of the molecule is COc1ccccc1C(O)c1ccncc1Cl. The average Bonchev–Trinajstić information content (AvgIpc) is 2.38. The van der Waals surface area contributed by atoms with E-state index < -0.39 is 6.10 Å². The van der Waals surface area contributed by atoms with Crippen LogP contribution in [0.4, 0.5) is 0 Å². The van der Waals surface area contributed by atoms with Gasteiger partial charge in [0.05, 0.1) is 12.1 Å². The van der Waals surface area contributed by atoms with Crippen molar-refractivity contribution in [1.29, 1.82) is 0 Å². The summed E-state index contributed by atoms with van der Waals surface area (Å²) < 4.78 is 5.21. The molecule has 1 heterocycles. The Bertz CT molecular complexity index is 516. The minimum absolute atomic E-state index is 0.436. The second-order valence-corrected chi connectivity index (χ2v) is 3.95. The van der Waals surface area contributed by atoms with Gasteiger partial charge in [0.15, 0.2) is 0 Å². The van der Waals surface area contributed by atoms with E-state index in [1.54, 1.807) is 31.5 Å². The van der Waals surface area contributed by atoms with E-state index in [1.165, 1.54) is 6.20 Å². The summed E-state index contributed by atoms with van der Waals surface area (Å²) >= 11 is 6.00. The Kier molecular flexibility index (Phi) is 3.61. The number of aliphatic hydroxyl groups excluding tert-OH is 1. The van der Waals surface area contributed by atoms with Gasteiger partial charge in [-0.15, -0.1) is 0 Å². The molecular weight excluding hydrogens is 238 g/mol. The van der Waals surface area contributed by atoms with Gasteiger partial charge in [0.1, 0.15) is 11.9 Å². The normalized spacial score (nSPS) is 12.2. The quantitative estimate of drug-likeness (QED) is 0.910. The number of ether oxygens (including phenoxy) is 1. The van der Waals surface area contributed by atoms with Crippen LogP contribution in [0, 0.1) is 0 Å². The van der Waals surface area contributed by atoms with E-state index in [9.17, 15) is 5.11 Å². The number of rotatable bonds is 3. The van der Waals surface area contributed by atoms with E-state index >= 15 is 0 Å². The van der Waals surface area contributed by atoms with Crippen molar-refractivity contribution >= 4 is 11.6 Å². The number of methoxy groups -OCH3 is 1. The molecule has 0 bridgehead atoms. The highest BCUT2D eigenvalue weighted by Gasteiger charge is 2.17. The average molecular weight is 250 g/mol. The number of hydrogen-bond acceptors (Lipinski definition) is 3. The third kappa shape index (κ3) is 2.40. The van der Waals surface area contributed by atoms with E-state index in [1.807, 2.05) is 12.1 Å². The van der Waals surface area contributed by atoms with Gasteiger partial charge in [-0.3, -0.25) is 4.98 Å². The summed E-state index contributed by atoms with van der Waals surface area (Å²) in [5.74, 6) is 0.632. The highest BCUT2D eigenvalue weighted by molar-refractivity contribution is 6.31. The molecule has 4 heteroatoms. The molecule has 0 saturated heterocycles. The Labute approximate surface area is 105 Å². The first-order valence-corrected chi connectivity index (χ1v) is 5.52. The molecule has 2 rings (SSSR count). The van der Waals surface area contributed by atoms with E-state index in [-0.39, 0.29) is 0 Å². The van der Waals surface area contributed by atoms with Crippen LogP contribution < -0.4 is 4.74 Å². The van der Waals surface area contributed by atoms with Gasteiger partial charge in [-0.05, 0) is 12.1 Å². The lowest BCUT2D eigenvalue weighted by Crippen LogP contribution is -2.03. The molecule has 1 unspecified atom stereocenters. The Balaban J connectivity index is 2.44. The molecule has 0 aliphatic rings. The van der Waals surface area contributed by atoms with Crippen LogP contribution in [0.1, 0.15) is 17.2 Å². The third-order valence-electron chi connectivity index (χ3n) is 2.53. The fourth-order valence-corrected chi connectivity index (χ4v) is 1.89. The summed E-state index contributed by atoms with van der Waals surface area (Å²) in [5.41, 5.74) is 1.30. The molecule has 0 fully saturated rings. The summed E-state index contributed by atoms with van der Waals surface area (Å²) in [6, 6.07) is 8.99. The first kappa shape index (κ1) is 11.9. The zero-order valence-corrected chi connectivity index (χ0v) is 10.1. The number of nitrogens with zero attached hydrogens (tertiary/aromatic N) is 1. The minimum atomic E-state index is -0.818. The van der Waals surface area contributed by atoms with Crippen LogP contribution >= 0.6 is 11.6 Å². The lowest BCUT2D eigenvalue weighted by molar-refractivity contribution is 0.214. The zero-order valence-electron chi connectivity index (χ0n) is 9.30. The van der Waals surface area contributed by atoms with Crippen molar-refractivity contribution in [2.75, 3.05) is 7.11 Å². The van der Waals surface area contributed by atoms with Gasteiger partial charge in [0.2, 0.25) is 0 Å². The first-order valence-electron chi connectivity index (χ1n) is 5.14. The molecule has 17 heavy (non-hydrogen) atoms. The van der Waals surface area contributed by atoms with Crippen molar-refractivity contribution < 1.29 is 9.84 Å². The Morgan fingerprint density at radius 1 is 1.24 bits per heavy atom. The number of pyridine rings is 1. The number of aliphatic hydroxyl groups is 1. The molecule has 88 valence electrons. The predicted molar refractivity (Wildman–Crippen MR) is 66.3 cm³/mol. The smallest absolute Gasteiger partial charge is 0.125 e. The summed E-state index contributed by atoms with van der Waals surface area (Å²) in [4.78, 5) is 3.89. The zero-order chi connectivity index (χ0) is 12.3. The van der Waals surface area contributed by atoms with Crippen molar-refractivity contribution in [2.24, 2.45) is 0 Å². The number of aromatic nitrogens is 1. The van der Waals surface area contributed by atoms with Crippen molar-refractivity contribution in [1.82, 2.24) is 4.98 Å². The molecule has 0 aliphatic carbocycles. The Hall–Kier alpha value is -1.58. The van der Waals surface area contributed by atoms with Crippen molar-refractivity contribution in [3.8, 4) is 5.75 Å². The van der Waals surface area contributed by atoms with E-state index in [4.69, 9.17) is 16.3 Å². The lowest BCUT2D eigenvalue weighted by atomic mass is 10.0. The fraction of sp³-hybridized carbons (Fsp3) is 0.154.